The molecular weight excluding hydrogens is 222 g/mol. The maximum atomic E-state index is 10.1. The van der Waals surface area contributed by atoms with Crippen LogP contribution in [0.3, 0.4) is 0 Å². The summed E-state index contributed by atoms with van der Waals surface area (Å²) in [4.78, 5) is 13.7. The standard InChI is InChI=1S/C12H15NO4/c1-15-7-10-5-12(17-3)11(16-2)4-9(10)6-13-8-14/h4-5H,6-7H2,1-3H3. The first kappa shape index (κ1) is 13.2. The van der Waals surface area contributed by atoms with Crippen LogP contribution >= 0.6 is 0 Å². The lowest BCUT2D eigenvalue weighted by Crippen LogP contribution is -1.99. The molecular formula is C12H15NO4. The van der Waals surface area contributed by atoms with E-state index in [0.717, 1.165) is 11.1 Å². The van der Waals surface area contributed by atoms with Crippen molar-refractivity contribution in [3.8, 4) is 11.5 Å². The van der Waals surface area contributed by atoms with Crippen molar-refractivity contribution in [2.45, 2.75) is 13.2 Å². The number of carbonyl (C=O) groups excluding carboxylic acids is 1. The molecule has 0 heterocycles. The Morgan fingerprint density at radius 3 is 2.18 bits per heavy atom. The van der Waals surface area contributed by atoms with E-state index in [1.807, 2.05) is 6.07 Å². The maximum absolute atomic E-state index is 10.1. The minimum Gasteiger partial charge on any atom is -0.493 e. The first-order chi connectivity index (χ1) is 8.26. The van der Waals surface area contributed by atoms with E-state index in [-0.39, 0.29) is 6.54 Å². The first-order valence-corrected chi connectivity index (χ1v) is 5.03. The van der Waals surface area contributed by atoms with E-state index in [4.69, 9.17) is 14.2 Å². The predicted octanol–water partition coefficient (Wildman–Crippen LogP) is 1.69. The Morgan fingerprint density at radius 2 is 1.71 bits per heavy atom. The molecule has 0 radical (unpaired) electrons. The van der Waals surface area contributed by atoms with Crippen LogP contribution in [0.4, 0.5) is 0 Å². The van der Waals surface area contributed by atoms with E-state index >= 15 is 0 Å². The molecule has 0 fully saturated rings. The molecule has 0 saturated heterocycles. The second-order valence-electron chi connectivity index (χ2n) is 3.32. The molecule has 5 heteroatoms. The van der Waals surface area contributed by atoms with Gasteiger partial charge in [-0.05, 0) is 23.3 Å². The van der Waals surface area contributed by atoms with E-state index in [0.29, 0.717) is 18.1 Å². The average molecular weight is 237 g/mol. The summed E-state index contributed by atoms with van der Waals surface area (Å²) in [6.45, 7) is 0.673. The van der Waals surface area contributed by atoms with E-state index < -0.39 is 0 Å². The van der Waals surface area contributed by atoms with Crippen LogP contribution in [0, 0.1) is 0 Å². The molecule has 1 aromatic rings. The van der Waals surface area contributed by atoms with Crippen molar-refractivity contribution < 1.29 is 19.0 Å². The van der Waals surface area contributed by atoms with Gasteiger partial charge in [0.1, 0.15) is 0 Å². The molecule has 0 saturated carbocycles. The van der Waals surface area contributed by atoms with Gasteiger partial charge in [-0.3, -0.25) is 0 Å². The molecule has 92 valence electrons. The number of hydrogen-bond donors (Lipinski definition) is 0. The Bertz CT molecular complexity index is 425. The van der Waals surface area contributed by atoms with Gasteiger partial charge in [-0.1, -0.05) is 0 Å². The maximum Gasteiger partial charge on any atom is 0.235 e. The fraction of sp³-hybridized carbons (Fsp3) is 0.417. The van der Waals surface area contributed by atoms with Crippen LogP contribution in [0.25, 0.3) is 0 Å². The summed E-state index contributed by atoms with van der Waals surface area (Å²) in [7, 11) is 4.72. The van der Waals surface area contributed by atoms with Crippen molar-refractivity contribution in [2.75, 3.05) is 21.3 Å². The highest BCUT2D eigenvalue weighted by molar-refractivity contribution is 5.48. The fourth-order valence-corrected chi connectivity index (χ4v) is 1.52. The number of nitrogens with zero attached hydrogens (tertiary/aromatic N) is 1. The zero-order chi connectivity index (χ0) is 12.7. The average Bonchev–Trinajstić information content (AvgIpc) is 2.37. The van der Waals surface area contributed by atoms with Crippen LogP contribution in [0.2, 0.25) is 0 Å². The Morgan fingerprint density at radius 1 is 1.12 bits per heavy atom. The Balaban J connectivity index is 3.18. The molecule has 0 unspecified atom stereocenters. The second-order valence-corrected chi connectivity index (χ2v) is 3.32. The molecule has 1 rings (SSSR count). The van der Waals surface area contributed by atoms with Gasteiger partial charge in [-0.15, -0.1) is 0 Å². The number of aliphatic imine (C=N–C) groups is 1. The SMILES string of the molecule is COCc1cc(OC)c(OC)cc1CN=C=O. The number of methoxy groups -OCH3 is 3. The smallest absolute Gasteiger partial charge is 0.235 e. The number of benzene rings is 1. The molecule has 0 aliphatic rings. The molecule has 17 heavy (non-hydrogen) atoms. The molecule has 0 aromatic heterocycles. The largest absolute Gasteiger partial charge is 0.493 e. The monoisotopic (exact) mass is 237 g/mol. The van der Waals surface area contributed by atoms with Gasteiger partial charge in [0.05, 0.1) is 27.4 Å². The molecule has 0 bridgehead atoms. The summed E-state index contributed by atoms with van der Waals surface area (Å²) in [5.74, 6) is 1.22. The van der Waals surface area contributed by atoms with Gasteiger partial charge in [0.25, 0.3) is 0 Å². The zero-order valence-electron chi connectivity index (χ0n) is 10.1. The fourth-order valence-electron chi connectivity index (χ4n) is 1.52. The van der Waals surface area contributed by atoms with Crippen molar-refractivity contribution in [1.82, 2.24) is 0 Å². The Hall–Kier alpha value is -1.84. The minimum absolute atomic E-state index is 0.253. The van der Waals surface area contributed by atoms with Crippen molar-refractivity contribution >= 4 is 6.08 Å². The van der Waals surface area contributed by atoms with Crippen molar-refractivity contribution in [2.24, 2.45) is 4.99 Å². The minimum atomic E-state index is 0.253. The lowest BCUT2D eigenvalue weighted by Gasteiger charge is -2.13. The van der Waals surface area contributed by atoms with E-state index in [1.54, 1.807) is 27.4 Å². The summed E-state index contributed by atoms with van der Waals surface area (Å²) in [6.07, 6.45) is 1.51. The molecule has 1 aromatic carbocycles. The highest BCUT2D eigenvalue weighted by Gasteiger charge is 2.10. The number of rotatable bonds is 6. The van der Waals surface area contributed by atoms with Crippen LogP contribution in [0.1, 0.15) is 11.1 Å². The molecule has 0 aliphatic carbocycles. The van der Waals surface area contributed by atoms with E-state index in [9.17, 15) is 4.79 Å². The van der Waals surface area contributed by atoms with Gasteiger partial charge in [0.2, 0.25) is 6.08 Å². The van der Waals surface area contributed by atoms with Crippen LogP contribution in [0.15, 0.2) is 17.1 Å². The lowest BCUT2D eigenvalue weighted by molar-refractivity contribution is 0.183. The van der Waals surface area contributed by atoms with Gasteiger partial charge >= 0.3 is 0 Å². The van der Waals surface area contributed by atoms with Crippen LogP contribution < -0.4 is 9.47 Å². The lowest BCUT2D eigenvalue weighted by atomic mass is 10.1. The van der Waals surface area contributed by atoms with Crippen molar-refractivity contribution in [3.63, 3.8) is 0 Å². The summed E-state index contributed by atoms with van der Waals surface area (Å²) in [5.41, 5.74) is 1.76. The summed E-state index contributed by atoms with van der Waals surface area (Å²) < 4.78 is 15.5. The van der Waals surface area contributed by atoms with Gasteiger partial charge in [-0.25, -0.2) is 9.79 Å². The second kappa shape index (κ2) is 6.68. The van der Waals surface area contributed by atoms with Crippen LogP contribution in [0.5, 0.6) is 11.5 Å². The summed E-state index contributed by atoms with van der Waals surface area (Å²) >= 11 is 0. The highest BCUT2D eigenvalue weighted by Crippen LogP contribution is 2.31. The third-order valence-corrected chi connectivity index (χ3v) is 2.32. The molecule has 0 aliphatic heterocycles. The number of hydrogen-bond acceptors (Lipinski definition) is 5. The predicted molar refractivity (Wildman–Crippen MR) is 62.1 cm³/mol. The van der Waals surface area contributed by atoms with Crippen molar-refractivity contribution in [3.05, 3.63) is 23.3 Å². The number of isocyanates is 1. The zero-order valence-corrected chi connectivity index (χ0v) is 10.1. The third-order valence-electron chi connectivity index (χ3n) is 2.32. The first-order valence-electron chi connectivity index (χ1n) is 5.03. The normalized spacial score (nSPS) is 9.59. The quantitative estimate of drug-likeness (QED) is 0.558. The van der Waals surface area contributed by atoms with Crippen LogP contribution in [-0.2, 0) is 22.7 Å². The van der Waals surface area contributed by atoms with Crippen LogP contribution in [-0.4, -0.2) is 27.4 Å². The van der Waals surface area contributed by atoms with E-state index in [2.05, 4.69) is 4.99 Å². The van der Waals surface area contributed by atoms with Gasteiger partial charge in [0.15, 0.2) is 11.5 Å². The number of ether oxygens (including phenoxy) is 3. The van der Waals surface area contributed by atoms with Gasteiger partial charge in [0, 0.05) is 7.11 Å². The molecule has 0 atom stereocenters. The molecule has 0 amide bonds. The van der Waals surface area contributed by atoms with E-state index in [1.165, 1.54) is 6.08 Å². The Labute approximate surface area is 100 Å². The highest BCUT2D eigenvalue weighted by atomic mass is 16.5. The van der Waals surface area contributed by atoms with Gasteiger partial charge < -0.3 is 14.2 Å². The van der Waals surface area contributed by atoms with Gasteiger partial charge in [-0.2, -0.15) is 0 Å². The van der Waals surface area contributed by atoms with Crippen molar-refractivity contribution in [1.29, 1.82) is 0 Å². The molecule has 0 spiro atoms. The molecule has 0 N–H and O–H groups in total. The summed E-state index contributed by atoms with van der Waals surface area (Å²) in [5, 5.41) is 0. The molecule has 5 nitrogen and oxygen atoms in total. The topological polar surface area (TPSA) is 57.1 Å². The Kier molecular flexibility index (Phi) is 5.20. The third kappa shape index (κ3) is 3.31. The summed E-state index contributed by atoms with van der Waals surface area (Å²) in [6, 6.07) is 3.60.